The van der Waals surface area contributed by atoms with Crippen LogP contribution in [-0.4, -0.2) is 81.7 Å². The predicted octanol–water partition coefficient (Wildman–Crippen LogP) is 2.43. The quantitative estimate of drug-likeness (QED) is 0.620. The number of ether oxygens (including phenoxy) is 1. The van der Waals surface area contributed by atoms with Crippen molar-refractivity contribution in [3.8, 4) is 11.8 Å². The van der Waals surface area contributed by atoms with Gasteiger partial charge in [-0.3, -0.25) is 4.79 Å². The van der Waals surface area contributed by atoms with Gasteiger partial charge in [0.2, 0.25) is 0 Å². The summed E-state index contributed by atoms with van der Waals surface area (Å²) in [6.07, 6.45) is 1.01. The van der Waals surface area contributed by atoms with E-state index in [9.17, 15) is 9.90 Å². The second-order valence-corrected chi connectivity index (χ2v) is 8.83. The number of aromatic nitrogens is 3. The van der Waals surface area contributed by atoms with E-state index in [1.165, 1.54) is 4.90 Å². The molecule has 1 aliphatic rings. The Balaban J connectivity index is 1.44. The molecule has 2 N–H and O–H groups in total. The van der Waals surface area contributed by atoms with E-state index in [0.29, 0.717) is 34.3 Å². The summed E-state index contributed by atoms with van der Waals surface area (Å²) in [5.74, 6) is 0.478. The van der Waals surface area contributed by atoms with Crippen molar-refractivity contribution in [1.82, 2.24) is 25.2 Å². The van der Waals surface area contributed by atoms with Crippen LogP contribution in [-0.2, 0) is 0 Å². The van der Waals surface area contributed by atoms with Crippen molar-refractivity contribution in [2.45, 2.75) is 44.8 Å². The molecule has 172 valence electrons. The first-order chi connectivity index (χ1) is 15.3. The maximum absolute atomic E-state index is 12.7. The maximum Gasteiger partial charge on any atom is 0.276 e. The molecular formula is C22H29ClN6O3. The van der Waals surface area contributed by atoms with Gasteiger partial charge in [-0.15, -0.1) is 0 Å². The number of hydrogen-bond donors (Lipinski definition) is 2. The molecule has 1 aromatic heterocycles. The van der Waals surface area contributed by atoms with Crippen LogP contribution in [0.1, 0.15) is 54.4 Å². The Morgan fingerprint density at radius 2 is 2.12 bits per heavy atom. The Morgan fingerprint density at radius 1 is 1.41 bits per heavy atom. The molecule has 1 fully saturated rings. The lowest BCUT2D eigenvalue weighted by Crippen LogP contribution is -2.45. The number of likely N-dealkylation sites (N-methyl/N-ethyl adjacent to an activating group) is 1. The lowest BCUT2D eigenvalue weighted by Gasteiger charge is -2.34. The number of hydrogen-bond acceptors (Lipinski definition) is 7. The molecule has 0 bridgehead atoms. The second kappa shape index (κ2) is 10.8. The van der Waals surface area contributed by atoms with E-state index in [0.717, 1.165) is 25.9 Å². The summed E-state index contributed by atoms with van der Waals surface area (Å²) in [5, 5.41) is 30.4. The van der Waals surface area contributed by atoms with Crippen LogP contribution in [0.3, 0.4) is 0 Å². The van der Waals surface area contributed by atoms with Gasteiger partial charge in [-0.25, -0.2) is 0 Å². The number of likely N-dealkylation sites (tertiary alicyclic amines) is 1. The number of carbonyl (C=O) groups excluding carboxylic acids is 1. The van der Waals surface area contributed by atoms with Crippen LogP contribution < -0.4 is 4.74 Å². The number of piperidine rings is 1. The number of aliphatic hydroxyl groups is 1. The van der Waals surface area contributed by atoms with Gasteiger partial charge in [-0.05, 0) is 30.9 Å². The highest BCUT2D eigenvalue weighted by molar-refractivity contribution is 6.31. The van der Waals surface area contributed by atoms with E-state index >= 15 is 0 Å². The van der Waals surface area contributed by atoms with E-state index in [-0.39, 0.29) is 24.5 Å². The number of nitrogens with one attached hydrogen (secondary N) is 1. The van der Waals surface area contributed by atoms with Crippen molar-refractivity contribution in [2.75, 3.05) is 33.2 Å². The average Bonchev–Trinajstić information content (AvgIpc) is 3.25. The highest BCUT2D eigenvalue weighted by atomic mass is 35.5. The Kier molecular flexibility index (Phi) is 8.07. The number of H-pyrrole nitrogens is 1. The number of nitriles is 1. The molecule has 0 unspecified atom stereocenters. The third-order valence-corrected chi connectivity index (χ3v) is 5.84. The molecule has 2 heterocycles. The number of amides is 1. The summed E-state index contributed by atoms with van der Waals surface area (Å²) in [7, 11) is 1.66. The molecule has 1 saturated heterocycles. The van der Waals surface area contributed by atoms with Gasteiger partial charge >= 0.3 is 0 Å². The van der Waals surface area contributed by atoms with Crippen molar-refractivity contribution < 1.29 is 14.6 Å². The third kappa shape index (κ3) is 5.97. The summed E-state index contributed by atoms with van der Waals surface area (Å²) < 4.78 is 6.01. The number of aliphatic hydroxyl groups excluding tert-OH is 1. The van der Waals surface area contributed by atoms with E-state index in [2.05, 4.69) is 20.3 Å². The zero-order chi connectivity index (χ0) is 23.3. The molecule has 3 rings (SSSR count). The van der Waals surface area contributed by atoms with Gasteiger partial charge in [0, 0.05) is 39.3 Å². The second-order valence-electron chi connectivity index (χ2n) is 8.42. The minimum Gasteiger partial charge on any atom is -0.490 e. The summed E-state index contributed by atoms with van der Waals surface area (Å²) >= 11 is 6.07. The molecule has 1 aliphatic heterocycles. The lowest BCUT2D eigenvalue weighted by molar-refractivity contribution is 0.0426. The standard InChI is InChI=1S/C22H29ClN6O3/c1-14(2)20-21(26-27-25-20)22(31)28(3)12-16(30)13-29-8-6-17(7-9-29)32-18-5-4-15(11-24)19(23)10-18/h4-5,10,14,16-17,30H,6-9,12-13H2,1-3H3,(H,25,26,27)/t16-/m0/s1. The number of rotatable bonds is 8. The summed E-state index contributed by atoms with van der Waals surface area (Å²) in [6, 6.07) is 7.12. The van der Waals surface area contributed by atoms with Gasteiger partial charge < -0.3 is 19.6 Å². The van der Waals surface area contributed by atoms with Crippen LogP contribution in [0.4, 0.5) is 0 Å². The molecule has 9 nitrogen and oxygen atoms in total. The zero-order valence-corrected chi connectivity index (χ0v) is 19.3. The third-order valence-electron chi connectivity index (χ3n) is 5.52. The van der Waals surface area contributed by atoms with Gasteiger partial charge in [-0.1, -0.05) is 25.4 Å². The van der Waals surface area contributed by atoms with Crippen molar-refractivity contribution >= 4 is 17.5 Å². The van der Waals surface area contributed by atoms with Crippen molar-refractivity contribution in [3.05, 3.63) is 40.2 Å². The highest BCUT2D eigenvalue weighted by Gasteiger charge is 2.26. The number of β-amino-alcohol motifs (C(OH)–C–C–N with tert-alkyl or cyclic N) is 1. The fraction of sp³-hybridized carbons (Fsp3) is 0.545. The van der Waals surface area contributed by atoms with Gasteiger partial charge in [0.25, 0.3) is 5.91 Å². The van der Waals surface area contributed by atoms with Crippen LogP contribution in [0.15, 0.2) is 18.2 Å². The molecule has 1 amide bonds. The summed E-state index contributed by atoms with van der Waals surface area (Å²) in [5.41, 5.74) is 1.35. The normalized spacial score (nSPS) is 16.0. The van der Waals surface area contributed by atoms with Crippen molar-refractivity contribution in [2.24, 2.45) is 0 Å². The number of nitrogens with zero attached hydrogens (tertiary/aromatic N) is 5. The van der Waals surface area contributed by atoms with Crippen LogP contribution in [0, 0.1) is 11.3 Å². The Bertz CT molecular complexity index is 965. The van der Waals surface area contributed by atoms with Gasteiger partial charge in [0.05, 0.1) is 22.4 Å². The topological polar surface area (TPSA) is 118 Å². The number of carbonyl (C=O) groups is 1. The Morgan fingerprint density at radius 3 is 2.75 bits per heavy atom. The number of halogens is 1. The molecule has 2 aromatic rings. The monoisotopic (exact) mass is 460 g/mol. The molecule has 0 saturated carbocycles. The Labute approximate surface area is 192 Å². The van der Waals surface area contributed by atoms with Gasteiger partial charge in [-0.2, -0.15) is 20.7 Å². The van der Waals surface area contributed by atoms with Crippen molar-refractivity contribution in [3.63, 3.8) is 0 Å². The molecule has 0 aliphatic carbocycles. The minimum absolute atomic E-state index is 0.0540. The van der Waals surface area contributed by atoms with E-state index in [1.54, 1.807) is 25.2 Å². The first-order valence-corrected chi connectivity index (χ1v) is 11.1. The maximum atomic E-state index is 12.7. The molecule has 1 atom stereocenters. The molecule has 1 aromatic carbocycles. The van der Waals surface area contributed by atoms with Crippen LogP contribution in [0.2, 0.25) is 5.02 Å². The fourth-order valence-corrected chi connectivity index (χ4v) is 4.01. The molecule has 10 heteroatoms. The van der Waals surface area contributed by atoms with Gasteiger partial charge in [0.15, 0.2) is 5.69 Å². The SMILES string of the molecule is CC(C)c1n[nH]nc1C(=O)N(C)C[C@H](O)CN1CCC(Oc2ccc(C#N)c(Cl)c2)CC1. The number of aromatic amines is 1. The molecule has 0 radical (unpaired) electrons. The smallest absolute Gasteiger partial charge is 0.276 e. The lowest BCUT2D eigenvalue weighted by atomic mass is 10.1. The molecule has 32 heavy (non-hydrogen) atoms. The highest BCUT2D eigenvalue weighted by Crippen LogP contribution is 2.25. The first-order valence-electron chi connectivity index (χ1n) is 10.7. The van der Waals surface area contributed by atoms with Crippen LogP contribution in [0.25, 0.3) is 0 Å². The van der Waals surface area contributed by atoms with Gasteiger partial charge in [0.1, 0.15) is 17.9 Å². The van der Waals surface area contributed by atoms with E-state index in [1.807, 2.05) is 19.9 Å². The van der Waals surface area contributed by atoms with Crippen LogP contribution >= 0.6 is 11.6 Å². The van der Waals surface area contributed by atoms with E-state index in [4.69, 9.17) is 21.6 Å². The van der Waals surface area contributed by atoms with E-state index < -0.39 is 6.10 Å². The fourth-order valence-electron chi connectivity index (χ4n) is 3.80. The first kappa shape index (κ1) is 24.0. The summed E-state index contributed by atoms with van der Waals surface area (Å²) in [4.78, 5) is 16.3. The van der Waals surface area contributed by atoms with Crippen molar-refractivity contribution in [1.29, 1.82) is 5.26 Å². The predicted molar refractivity (Wildman–Crippen MR) is 120 cm³/mol. The molecular weight excluding hydrogens is 432 g/mol. The molecule has 0 spiro atoms. The largest absolute Gasteiger partial charge is 0.490 e. The zero-order valence-electron chi connectivity index (χ0n) is 18.6. The summed E-state index contributed by atoms with van der Waals surface area (Å²) in [6.45, 7) is 6.15. The van der Waals surface area contributed by atoms with Crippen LogP contribution in [0.5, 0.6) is 5.75 Å². The number of benzene rings is 1. The Hall–Kier alpha value is -2.67. The minimum atomic E-state index is -0.673. The average molecular weight is 461 g/mol.